The summed E-state index contributed by atoms with van der Waals surface area (Å²) in [6.45, 7) is 8.69. The highest BCUT2D eigenvalue weighted by atomic mass is 32.1. The predicted molar refractivity (Wildman–Crippen MR) is 123 cm³/mol. The smallest absolute Gasteiger partial charge is 0.352 e. The number of hydrogen-bond acceptors (Lipinski definition) is 6. The molecule has 1 aliphatic rings. The van der Waals surface area contributed by atoms with Crippen LogP contribution in [0, 0.1) is 13.5 Å². The first kappa shape index (κ1) is 21.0. The Bertz CT molecular complexity index is 1130. The van der Waals surface area contributed by atoms with Crippen LogP contribution >= 0.6 is 11.3 Å². The number of hydrogen-bond donors (Lipinski definition) is 3. The molecule has 0 saturated carbocycles. The van der Waals surface area contributed by atoms with Gasteiger partial charge in [-0.1, -0.05) is 17.4 Å². The van der Waals surface area contributed by atoms with Crippen LogP contribution in [0.15, 0.2) is 30.6 Å². The van der Waals surface area contributed by atoms with Crippen molar-refractivity contribution in [3.8, 4) is 23.4 Å². The second-order valence-electron chi connectivity index (χ2n) is 7.51. The number of halogens is 1. The van der Waals surface area contributed by atoms with Crippen molar-refractivity contribution < 1.29 is 9.50 Å². The van der Waals surface area contributed by atoms with Crippen LogP contribution in [0.1, 0.15) is 22.6 Å². The maximum Gasteiger partial charge on any atom is 0.352 e. The Morgan fingerprint density at radius 1 is 1.42 bits per heavy atom. The molecule has 1 aromatic carbocycles. The quantitative estimate of drug-likeness (QED) is 0.557. The van der Waals surface area contributed by atoms with Crippen molar-refractivity contribution in [2.45, 2.75) is 25.6 Å². The van der Waals surface area contributed by atoms with Crippen LogP contribution in [0.4, 0.5) is 9.52 Å². The summed E-state index contributed by atoms with van der Waals surface area (Å²) in [5.74, 6) is 0.0636. The van der Waals surface area contributed by atoms with E-state index in [1.165, 1.54) is 11.3 Å². The number of nitrogens with zero attached hydrogens (tertiary/aromatic N) is 4. The fraction of sp³-hybridized carbons (Fsp3) is 0.318. The third-order valence-corrected chi connectivity index (χ3v) is 6.70. The summed E-state index contributed by atoms with van der Waals surface area (Å²) in [5.41, 5.74) is 3.44. The van der Waals surface area contributed by atoms with Crippen LogP contribution in [0.2, 0.25) is 0 Å². The first-order chi connectivity index (χ1) is 15.0. The van der Waals surface area contributed by atoms with E-state index in [0.29, 0.717) is 17.8 Å². The lowest BCUT2D eigenvalue weighted by molar-refractivity contribution is 0.228. The molecule has 0 bridgehead atoms. The van der Waals surface area contributed by atoms with E-state index in [1.54, 1.807) is 30.6 Å². The monoisotopic (exact) mass is 439 g/mol. The van der Waals surface area contributed by atoms with E-state index in [2.05, 4.69) is 25.3 Å². The van der Waals surface area contributed by atoms with E-state index in [1.807, 2.05) is 24.9 Å². The lowest BCUT2D eigenvalue weighted by Gasteiger charge is -2.34. The van der Waals surface area contributed by atoms with Crippen LogP contribution < -0.4 is 10.2 Å². The Hall–Kier alpha value is -3.22. The lowest BCUT2D eigenvalue weighted by atomic mass is 10.0. The highest BCUT2D eigenvalue weighted by Gasteiger charge is 2.30. The van der Waals surface area contributed by atoms with E-state index in [9.17, 15) is 9.50 Å². The molecule has 1 aliphatic heterocycles. The standard InChI is InChI=1S/C22H23FN6OS/c1-13-21(31-22(28-13)29(3)19-6-7-25-12-17(19)23)9-18(24-2)16-5-4-14(8-20(16)30)15-10-26-27-11-15/h2,4-5,8-11,17,19,25H,6-7,12H2,1,3H3,(H-,26,27,30)/p+1/b18-9-/t17-,19+/m1/s1. The first-order valence-electron chi connectivity index (χ1n) is 9.98. The number of thiazole rings is 1. The molecule has 2 atom stereocenters. The maximum atomic E-state index is 14.4. The van der Waals surface area contributed by atoms with Gasteiger partial charge >= 0.3 is 5.70 Å². The van der Waals surface area contributed by atoms with Crippen molar-refractivity contribution in [1.82, 2.24) is 20.5 Å². The minimum absolute atomic E-state index is 0.0636. The number of phenolic OH excluding ortho intramolecular Hbond substituents is 1. The van der Waals surface area contributed by atoms with Crippen molar-refractivity contribution in [1.29, 1.82) is 0 Å². The van der Waals surface area contributed by atoms with Crippen molar-refractivity contribution >= 4 is 28.2 Å². The summed E-state index contributed by atoms with van der Waals surface area (Å²) >= 11 is 1.45. The number of piperidine rings is 1. The molecular formula is C22H24FN6OS+. The number of H-pyrrole nitrogens is 1. The molecule has 7 nitrogen and oxygen atoms in total. The van der Waals surface area contributed by atoms with E-state index in [4.69, 9.17) is 6.57 Å². The summed E-state index contributed by atoms with van der Waals surface area (Å²) in [5, 5.41) is 21.1. The van der Waals surface area contributed by atoms with Gasteiger partial charge in [0.1, 0.15) is 17.5 Å². The van der Waals surface area contributed by atoms with Gasteiger partial charge in [0.15, 0.2) is 5.13 Å². The summed E-state index contributed by atoms with van der Waals surface area (Å²) < 4.78 is 14.4. The minimum Gasteiger partial charge on any atom is -0.507 e. The fourth-order valence-corrected chi connectivity index (χ4v) is 4.73. The number of anilines is 1. The molecule has 9 heteroatoms. The van der Waals surface area contributed by atoms with Crippen LogP contribution in [0.25, 0.3) is 27.7 Å². The number of rotatable bonds is 5. The molecule has 0 spiro atoms. The molecular weight excluding hydrogens is 415 g/mol. The number of aryl methyl sites for hydroxylation is 1. The van der Waals surface area contributed by atoms with Gasteiger partial charge in [-0.05, 0) is 42.4 Å². The molecule has 0 amide bonds. The van der Waals surface area contributed by atoms with Crippen molar-refractivity contribution in [2.75, 3.05) is 25.0 Å². The molecule has 0 radical (unpaired) electrons. The molecule has 0 aliphatic carbocycles. The minimum atomic E-state index is -0.942. The van der Waals surface area contributed by atoms with Crippen LogP contribution in [0.3, 0.4) is 0 Å². The maximum absolute atomic E-state index is 14.4. The van der Waals surface area contributed by atoms with Crippen LogP contribution in [0.5, 0.6) is 5.75 Å². The zero-order chi connectivity index (χ0) is 22.0. The second-order valence-corrected chi connectivity index (χ2v) is 8.52. The third kappa shape index (κ3) is 4.31. The topological polar surface area (TPSA) is 81.4 Å². The molecule has 2 aromatic heterocycles. The average molecular weight is 440 g/mol. The van der Waals surface area contributed by atoms with Crippen molar-refractivity contribution in [3.05, 3.63) is 51.6 Å². The molecule has 0 unspecified atom stereocenters. The zero-order valence-electron chi connectivity index (χ0n) is 17.3. The molecule has 1 fully saturated rings. The number of aromatic nitrogens is 3. The molecule has 4 rings (SSSR count). The van der Waals surface area contributed by atoms with Crippen molar-refractivity contribution in [3.63, 3.8) is 0 Å². The van der Waals surface area contributed by atoms with Gasteiger partial charge in [0, 0.05) is 31.4 Å². The number of nitrogens with one attached hydrogen (secondary N) is 2. The fourth-order valence-electron chi connectivity index (χ4n) is 3.71. The van der Waals surface area contributed by atoms with Gasteiger partial charge in [-0.25, -0.2) is 9.37 Å². The van der Waals surface area contributed by atoms with E-state index < -0.39 is 6.17 Å². The first-order valence-corrected chi connectivity index (χ1v) is 10.8. The highest BCUT2D eigenvalue weighted by molar-refractivity contribution is 7.16. The Kier molecular flexibility index (Phi) is 6.02. The Morgan fingerprint density at radius 2 is 2.26 bits per heavy atom. The van der Waals surface area contributed by atoms with Gasteiger partial charge in [-0.3, -0.25) is 5.10 Å². The summed E-state index contributed by atoms with van der Waals surface area (Å²) in [7, 11) is 1.88. The number of aromatic amines is 1. The molecule has 3 N–H and O–H groups in total. The molecule has 3 heterocycles. The van der Waals surface area contributed by atoms with Crippen molar-refractivity contribution in [2.24, 2.45) is 0 Å². The Morgan fingerprint density at radius 3 is 2.94 bits per heavy atom. The van der Waals surface area contributed by atoms with E-state index in [-0.39, 0.29) is 11.8 Å². The molecule has 160 valence electrons. The normalized spacial score (nSPS) is 19.2. The van der Waals surface area contributed by atoms with Gasteiger partial charge in [-0.2, -0.15) is 5.10 Å². The van der Waals surface area contributed by atoms with Gasteiger partial charge in [-0.15, -0.1) is 0 Å². The number of phenols is 1. The zero-order valence-corrected chi connectivity index (χ0v) is 18.2. The second kappa shape index (κ2) is 8.88. The van der Waals surface area contributed by atoms with Crippen LogP contribution in [-0.4, -0.2) is 52.6 Å². The van der Waals surface area contributed by atoms with E-state index >= 15 is 0 Å². The number of alkyl halides is 1. The van der Waals surface area contributed by atoms with Crippen LogP contribution in [-0.2, 0) is 0 Å². The Balaban J connectivity index is 1.62. The van der Waals surface area contributed by atoms with Gasteiger partial charge < -0.3 is 15.3 Å². The summed E-state index contributed by atoms with van der Waals surface area (Å²) in [6, 6.07) is 5.08. The van der Waals surface area contributed by atoms with Gasteiger partial charge in [0.25, 0.3) is 6.57 Å². The lowest BCUT2D eigenvalue weighted by Crippen LogP contribution is -2.49. The Labute approximate surface area is 184 Å². The molecule has 3 aromatic rings. The third-order valence-electron chi connectivity index (χ3n) is 5.51. The van der Waals surface area contributed by atoms with E-state index in [0.717, 1.165) is 39.8 Å². The average Bonchev–Trinajstić information content (AvgIpc) is 3.42. The summed E-state index contributed by atoms with van der Waals surface area (Å²) in [4.78, 5) is 11.3. The highest BCUT2D eigenvalue weighted by Crippen LogP contribution is 2.35. The SMILES string of the molecule is C#[N+]/C(=C\c1sc(N(C)[C@H]2CCNC[C@H]2F)nc1C)c1ccc(-c2cn[nH]c2)cc1O. The largest absolute Gasteiger partial charge is 0.507 e. The molecule has 1 saturated heterocycles. The summed E-state index contributed by atoms with van der Waals surface area (Å²) in [6.07, 6.45) is 5.01. The predicted octanol–water partition coefficient (Wildman–Crippen LogP) is 4.14. The van der Waals surface area contributed by atoms with Gasteiger partial charge in [0.2, 0.25) is 0 Å². The number of benzene rings is 1. The number of aromatic hydroxyl groups is 1. The molecule has 31 heavy (non-hydrogen) atoms. The van der Waals surface area contributed by atoms with Gasteiger partial charge in [0.05, 0.1) is 22.8 Å².